The molecule has 0 aliphatic heterocycles. The van der Waals surface area contributed by atoms with Gasteiger partial charge in [0.25, 0.3) is 0 Å². The molecule has 6 heteroatoms. The van der Waals surface area contributed by atoms with Gasteiger partial charge in [0, 0.05) is 5.75 Å². The van der Waals surface area contributed by atoms with Crippen LogP contribution in [0, 0.1) is 5.92 Å². The summed E-state index contributed by atoms with van der Waals surface area (Å²) in [5.41, 5.74) is 0. The van der Waals surface area contributed by atoms with E-state index in [1.807, 2.05) is 13.8 Å². The van der Waals surface area contributed by atoms with Crippen molar-refractivity contribution in [1.29, 1.82) is 0 Å². The molecule has 3 nitrogen and oxygen atoms in total. The average molecular weight is 192 g/mol. The molecule has 0 spiro atoms. The molecule has 0 amide bonds. The molecule has 0 aromatic rings. The predicted molar refractivity (Wildman–Crippen MR) is 37.0 cm³/mol. The van der Waals surface area contributed by atoms with Crippen LogP contribution in [0.5, 0.6) is 0 Å². The zero-order valence-corrected chi connectivity index (χ0v) is 9.96. The summed E-state index contributed by atoms with van der Waals surface area (Å²) in [7, 11) is -3.59. The normalized spacial score (nSPS) is 11.2. The molecule has 0 saturated carbocycles. The Morgan fingerprint density at radius 2 is 1.90 bits per heavy atom. The van der Waals surface area contributed by atoms with Crippen LogP contribution >= 0.6 is 10.8 Å². The van der Waals surface area contributed by atoms with Crippen LogP contribution in [0.3, 0.4) is 0 Å². The Morgan fingerprint density at radius 1 is 1.50 bits per heavy atom. The third-order valence-electron chi connectivity index (χ3n) is 0.546. The Bertz CT molecular complexity index is 163. The Balaban J connectivity index is 0. The summed E-state index contributed by atoms with van der Waals surface area (Å²) in [5, 5.41) is 0. The molecule has 56 valence electrons. The minimum atomic E-state index is -4.05. The van der Waals surface area contributed by atoms with Crippen LogP contribution < -0.4 is 29.6 Å². The van der Waals surface area contributed by atoms with Gasteiger partial charge < -0.3 is 4.55 Å². The number of rotatable bonds is 3. The Kier molecular flexibility index (Phi) is 8.09. The van der Waals surface area contributed by atoms with Crippen LogP contribution in [0.1, 0.15) is 13.8 Å². The van der Waals surface area contributed by atoms with Gasteiger partial charge in [-0.2, -0.15) is 0 Å². The summed E-state index contributed by atoms with van der Waals surface area (Å²) >= 11 is 0. The van der Waals surface area contributed by atoms with Gasteiger partial charge in [0.1, 0.15) is 9.15 Å². The molecule has 0 fully saturated rings. The Morgan fingerprint density at radius 3 is 2.00 bits per heavy atom. The first-order valence-electron chi connectivity index (χ1n) is 2.52. The first kappa shape index (κ1) is 13.8. The molecular formula is C4H9NaO3S2. The smallest absolute Gasteiger partial charge is 0.739 e. The predicted octanol–water partition coefficient (Wildman–Crippen LogP) is -2.16. The summed E-state index contributed by atoms with van der Waals surface area (Å²) in [5.74, 6) is 0.630. The van der Waals surface area contributed by atoms with Crippen molar-refractivity contribution in [2.24, 2.45) is 5.92 Å². The van der Waals surface area contributed by atoms with E-state index in [-0.39, 0.29) is 35.5 Å². The Hall–Kier alpha value is 1.26. The summed E-state index contributed by atoms with van der Waals surface area (Å²) in [6.45, 7) is 3.72. The van der Waals surface area contributed by atoms with Gasteiger partial charge in [-0.3, -0.25) is 0 Å². The molecule has 0 radical (unpaired) electrons. The van der Waals surface area contributed by atoms with Crippen molar-refractivity contribution < 1.29 is 42.5 Å². The average Bonchev–Trinajstić information content (AvgIpc) is 1.59. The maximum absolute atomic E-state index is 9.94. The van der Waals surface area contributed by atoms with Crippen LogP contribution in [0.2, 0.25) is 0 Å². The van der Waals surface area contributed by atoms with E-state index >= 15 is 0 Å². The van der Waals surface area contributed by atoms with E-state index in [0.717, 1.165) is 0 Å². The first-order valence-corrected chi connectivity index (χ1v) is 5.43. The minimum absolute atomic E-state index is 0. The molecule has 0 rings (SSSR count). The fourth-order valence-corrected chi connectivity index (χ4v) is 1.97. The maximum atomic E-state index is 9.94. The van der Waals surface area contributed by atoms with E-state index in [9.17, 15) is 13.0 Å². The molecule has 0 saturated heterocycles. The molecule has 0 aromatic carbocycles. The van der Waals surface area contributed by atoms with Crippen LogP contribution in [-0.2, 0) is 9.15 Å². The molecule has 0 aliphatic carbocycles. The number of hydrogen-bond acceptors (Lipinski definition) is 4. The summed E-state index contributed by atoms with van der Waals surface area (Å²) in [6.07, 6.45) is 0. The largest absolute Gasteiger partial charge is 1.00 e. The summed E-state index contributed by atoms with van der Waals surface area (Å²) in [6, 6.07) is 0. The van der Waals surface area contributed by atoms with Gasteiger partial charge in [0.05, 0.1) is 0 Å². The van der Waals surface area contributed by atoms with E-state index in [1.165, 1.54) is 0 Å². The fourth-order valence-electron chi connectivity index (χ4n) is 0.219. The second-order valence-electron chi connectivity index (χ2n) is 2.09. The first-order chi connectivity index (χ1) is 3.92. The molecule has 0 atom stereocenters. The second-order valence-corrected chi connectivity index (χ2v) is 5.40. The zero-order valence-electron chi connectivity index (χ0n) is 6.33. The zero-order chi connectivity index (χ0) is 7.49. The van der Waals surface area contributed by atoms with E-state index in [1.54, 1.807) is 0 Å². The Labute approximate surface area is 87.4 Å². The van der Waals surface area contributed by atoms with Gasteiger partial charge >= 0.3 is 29.6 Å². The summed E-state index contributed by atoms with van der Waals surface area (Å²) in [4.78, 5) is 0. The topological polar surface area (TPSA) is 57.2 Å². The molecule has 0 aliphatic rings. The van der Waals surface area contributed by atoms with Gasteiger partial charge in [0.2, 0.25) is 0 Å². The molecule has 10 heavy (non-hydrogen) atoms. The maximum Gasteiger partial charge on any atom is 1.00 e. The quantitative estimate of drug-likeness (QED) is 0.290. The van der Waals surface area contributed by atoms with Gasteiger partial charge in [-0.05, 0) is 16.7 Å². The van der Waals surface area contributed by atoms with E-state index in [2.05, 4.69) is 0 Å². The SMILES string of the molecule is CC(C)CSS(=O)(=O)[O-].[Na+]. The van der Waals surface area contributed by atoms with E-state index in [4.69, 9.17) is 0 Å². The monoisotopic (exact) mass is 192 g/mol. The van der Waals surface area contributed by atoms with Crippen molar-refractivity contribution in [1.82, 2.24) is 0 Å². The van der Waals surface area contributed by atoms with Crippen LogP contribution in [0.15, 0.2) is 0 Å². The molecular weight excluding hydrogens is 183 g/mol. The third-order valence-corrected chi connectivity index (χ3v) is 2.91. The van der Waals surface area contributed by atoms with Crippen molar-refractivity contribution in [3.63, 3.8) is 0 Å². The van der Waals surface area contributed by atoms with Gasteiger partial charge in [-0.1, -0.05) is 13.8 Å². The standard InChI is InChI=1S/C4H10O3S2.Na/c1-4(2)3-8-9(5,6)7;/h4H,3H2,1-2H3,(H,5,6,7);/q;+1/p-1. The second kappa shape index (κ2) is 5.85. The minimum Gasteiger partial charge on any atom is -0.739 e. The molecule has 0 unspecified atom stereocenters. The molecule has 0 bridgehead atoms. The molecule has 0 N–H and O–H groups in total. The van der Waals surface area contributed by atoms with Crippen molar-refractivity contribution >= 4 is 19.9 Å². The van der Waals surface area contributed by atoms with Crippen molar-refractivity contribution in [2.75, 3.05) is 5.75 Å². The molecule has 0 aromatic heterocycles. The van der Waals surface area contributed by atoms with E-state index in [0.29, 0.717) is 16.5 Å². The van der Waals surface area contributed by atoms with Gasteiger partial charge in [-0.25, -0.2) is 8.42 Å². The third kappa shape index (κ3) is 12.0. The fraction of sp³-hybridized carbons (Fsp3) is 1.00. The van der Waals surface area contributed by atoms with Crippen LogP contribution in [-0.4, -0.2) is 18.7 Å². The van der Waals surface area contributed by atoms with Crippen molar-refractivity contribution in [2.45, 2.75) is 13.8 Å². The van der Waals surface area contributed by atoms with Crippen LogP contribution in [0.25, 0.3) is 0 Å². The van der Waals surface area contributed by atoms with Gasteiger partial charge in [-0.15, -0.1) is 0 Å². The van der Waals surface area contributed by atoms with Gasteiger partial charge in [0.15, 0.2) is 0 Å². The van der Waals surface area contributed by atoms with Crippen molar-refractivity contribution in [3.05, 3.63) is 0 Å². The van der Waals surface area contributed by atoms with E-state index < -0.39 is 9.15 Å². The van der Waals surface area contributed by atoms with Crippen LogP contribution in [0.4, 0.5) is 0 Å². The molecule has 0 heterocycles. The van der Waals surface area contributed by atoms with Crippen molar-refractivity contribution in [3.8, 4) is 0 Å². The number of hydrogen-bond donors (Lipinski definition) is 0. The summed E-state index contributed by atoms with van der Waals surface area (Å²) < 4.78 is 29.8.